The molecule has 0 saturated carbocycles. The third-order valence-corrected chi connectivity index (χ3v) is 3.50. The predicted octanol–water partition coefficient (Wildman–Crippen LogP) is -0.729. The first-order chi connectivity index (χ1) is 7.34. The highest BCUT2D eigenvalue weighted by atomic mass is 79.9. The van der Waals surface area contributed by atoms with Gasteiger partial charge in [-0.1, -0.05) is 11.3 Å². The number of rotatable bonds is 1. The van der Waals surface area contributed by atoms with Crippen LogP contribution >= 0.6 is 11.3 Å². The summed E-state index contributed by atoms with van der Waals surface area (Å²) in [6, 6.07) is 6.65. The van der Waals surface area contributed by atoms with Crippen LogP contribution in [0, 0.1) is 5.82 Å². The molecule has 0 aliphatic carbocycles. The molecule has 0 saturated heterocycles. The lowest BCUT2D eigenvalue weighted by atomic mass is 10.2. The van der Waals surface area contributed by atoms with Gasteiger partial charge in [0, 0.05) is 10.9 Å². The van der Waals surface area contributed by atoms with Crippen LogP contribution in [0.1, 0.15) is 0 Å². The molecule has 1 N–H and O–H groups in total. The summed E-state index contributed by atoms with van der Waals surface area (Å²) in [7, 11) is 0. The zero-order valence-electron chi connectivity index (χ0n) is 8.41. The molecule has 0 unspecified atom stereocenters. The highest BCUT2D eigenvalue weighted by Gasteiger charge is 2.23. The molecule has 1 aliphatic rings. The summed E-state index contributed by atoms with van der Waals surface area (Å²) < 4.78 is 15.0. The summed E-state index contributed by atoms with van der Waals surface area (Å²) >= 11 is 1.70. The number of aromatic nitrogens is 1. The fourth-order valence-electron chi connectivity index (χ4n) is 1.83. The second-order valence-electron chi connectivity index (χ2n) is 3.51. The van der Waals surface area contributed by atoms with Crippen LogP contribution < -0.4 is 26.9 Å². The SMILES string of the molecule is Fc1ccc(-c2csc3[n+]2CCN3)cc1.[Br-]. The van der Waals surface area contributed by atoms with Crippen LogP contribution in [0.15, 0.2) is 29.6 Å². The average Bonchev–Trinajstić information content (AvgIpc) is 2.80. The van der Waals surface area contributed by atoms with Crippen molar-refractivity contribution in [3.05, 3.63) is 35.5 Å². The number of benzene rings is 1. The highest BCUT2D eigenvalue weighted by molar-refractivity contribution is 7.13. The number of thiazole rings is 1. The van der Waals surface area contributed by atoms with E-state index in [2.05, 4.69) is 15.3 Å². The highest BCUT2D eigenvalue weighted by Crippen LogP contribution is 2.25. The molecule has 2 heterocycles. The van der Waals surface area contributed by atoms with Crippen molar-refractivity contribution in [3.8, 4) is 11.3 Å². The van der Waals surface area contributed by atoms with Crippen LogP contribution in [0.2, 0.25) is 0 Å². The molecule has 0 spiro atoms. The number of nitrogens with zero attached hydrogens (tertiary/aromatic N) is 1. The van der Waals surface area contributed by atoms with Crippen LogP contribution in [-0.4, -0.2) is 6.54 Å². The number of nitrogens with one attached hydrogen (secondary N) is 1. The first kappa shape index (κ1) is 11.5. The number of fused-ring (bicyclic) bond motifs is 1. The van der Waals surface area contributed by atoms with Crippen molar-refractivity contribution < 1.29 is 25.9 Å². The summed E-state index contributed by atoms with van der Waals surface area (Å²) in [6.45, 7) is 1.98. The number of hydrogen-bond acceptors (Lipinski definition) is 2. The van der Waals surface area contributed by atoms with Crippen LogP contribution in [0.5, 0.6) is 0 Å². The van der Waals surface area contributed by atoms with E-state index in [4.69, 9.17) is 0 Å². The first-order valence-electron chi connectivity index (χ1n) is 4.86. The minimum absolute atomic E-state index is 0. The minimum atomic E-state index is -0.186. The van der Waals surface area contributed by atoms with Crippen molar-refractivity contribution >= 4 is 16.5 Å². The Morgan fingerprint density at radius 3 is 2.75 bits per heavy atom. The zero-order chi connectivity index (χ0) is 10.3. The van der Waals surface area contributed by atoms with Crippen LogP contribution in [0.25, 0.3) is 11.3 Å². The van der Waals surface area contributed by atoms with Gasteiger partial charge in [-0.3, -0.25) is 5.32 Å². The predicted molar refractivity (Wildman–Crippen MR) is 58.4 cm³/mol. The van der Waals surface area contributed by atoms with Gasteiger partial charge in [-0.25, -0.2) is 8.96 Å². The Kier molecular flexibility index (Phi) is 3.25. The fourth-order valence-corrected chi connectivity index (χ4v) is 2.82. The second-order valence-corrected chi connectivity index (χ2v) is 4.37. The Labute approximate surface area is 108 Å². The molecule has 5 heteroatoms. The van der Waals surface area contributed by atoms with Gasteiger partial charge in [-0.2, -0.15) is 0 Å². The number of halogens is 2. The third-order valence-electron chi connectivity index (χ3n) is 2.57. The molecular weight excluding hydrogens is 291 g/mol. The topological polar surface area (TPSA) is 15.9 Å². The summed E-state index contributed by atoms with van der Waals surface area (Å²) in [5.41, 5.74) is 2.24. The maximum absolute atomic E-state index is 12.8. The molecule has 2 nitrogen and oxygen atoms in total. The molecule has 0 bridgehead atoms. The molecule has 0 radical (unpaired) electrons. The van der Waals surface area contributed by atoms with Crippen molar-refractivity contribution in [3.63, 3.8) is 0 Å². The summed E-state index contributed by atoms with van der Waals surface area (Å²) in [4.78, 5) is 0. The third kappa shape index (κ3) is 1.85. The zero-order valence-corrected chi connectivity index (χ0v) is 10.8. The second kappa shape index (κ2) is 4.51. The van der Waals surface area contributed by atoms with E-state index in [1.165, 1.54) is 23.0 Å². The monoisotopic (exact) mass is 300 g/mol. The average molecular weight is 301 g/mol. The maximum Gasteiger partial charge on any atom is 0.334 e. The molecule has 1 aromatic carbocycles. The van der Waals surface area contributed by atoms with Crippen molar-refractivity contribution in [2.24, 2.45) is 0 Å². The van der Waals surface area contributed by atoms with E-state index < -0.39 is 0 Å². The van der Waals surface area contributed by atoms with E-state index >= 15 is 0 Å². The van der Waals surface area contributed by atoms with Crippen molar-refractivity contribution in [1.82, 2.24) is 0 Å². The van der Waals surface area contributed by atoms with Crippen LogP contribution in [-0.2, 0) is 6.54 Å². The molecule has 1 aliphatic heterocycles. The van der Waals surface area contributed by atoms with Gasteiger partial charge < -0.3 is 17.0 Å². The number of anilines is 1. The summed E-state index contributed by atoms with van der Waals surface area (Å²) in [6.07, 6.45) is 0. The minimum Gasteiger partial charge on any atom is -1.00 e. The summed E-state index contributed by atoms with van der Waals surface area (Å²) in [5.74, 6) is -0.186. The summed E-state index contributed by atoms with van der Waals surface area (Å²) in [5, 5.41) is 6.60. The van der Waals surface area contributed by atoms with E-state index in [1.807, 2.05) is 12.1 Å². The molecule has 0 atom stereocenters. The lowest BCUT2D eigenvalue weighted by molar-refractivity contribution is -0.655. The molecule has 2 aromatic rings. The Morgan fingerprint density at radius 1 is 1.25 bits per heavy atom. The fraction of sp³-hybridized carbons (Fsp3) is 0.182. The first-order valence-corrected chi connectivity index (χ1v) is 5.74. The van der Waals surface area contributed by atoms with Gasteiger partial charge in [-0.15, -0.1) is 0 Å². The van der Waals surface area contributed by atoms with Gasteiger partial charge in [0.2, 0.25) is 0 Å². The lowest BCUT2D eigenvalue weighted by Gasteiger charge is -1.98. The van der Waals surface area contributed by atoms with Crippen LogP contribution in [0.4, 0.5) is 9.52 Å². The van der Waals surface area contributed by atoms with Gasteiger partial charge in [0.25, 0.3) is 0 Å². The van der Waals surface area contributed by atoms with E-state index in [1.54, 1.807) is 11.3 Å². The normalized spacial score (nSPS) is 12.8. The standard InChI is InChI=1S/C11H9FN2S.BrH/c12-9-3-1-8(2-4-9)10-7-15-11-13-5-6-14(10)11;/h1-4,7H,5-6H2;1H. The Morgan fingerprint density at radius 2 is 2.00 bits per heavy atom. The molecule has 3 rings (SSSR count). The molecule has 1 aromatic heterocycles. The largest absolute Gasteiger partial charge is 1.00 e. The van der Waals surface area contributed by atoms with Crippen molar-refractivity contribution in [1.29, 1.82) is 0 Å². The number of hydrogen-bond donors (Lipinski definition) is 1. The van der Waals surface area contributed by atoms with Gasteiger partial charge in [0.05, 0.1) is 0 Å². The lowest BCUT2D eigenvalue weighted by Crippen LogP contribution is -3.00. The van der Waals surface area contributed by atoms with E-state index in [0.29, 0.717) is 0 Å². The Bertz CT molecular complexity index is 495. The smallest absolute Gasteiger partial charge is 0.334 e. The van der Waals surface area contributed by atoms with Gasteiger partial charge in [-0.05, 0) is 24.3 Å². The van der Waals surface area contributed by atoms with Crippen LogP contribution in [0.3, 0.4) is 0 Å². The quantitative estimate of drug-likeness (QED) is 0.687. The van der Waals surface area contributed by atoms with Crippen molar-refractivity contribution in [2.45, 2.75) is 6.54 Å². The van der Waals surface area contributed by atoms with E-state index in [9.17, 15) is 4.39 Å². The Balaban J connectivity index is 0.000000963. The Hall–Kier alpha value is -0.940. The van der Waals surface area contributed by atoms with Crippen molar-refractivity contribution in [2.75, 3.05) is 11.9 Å². The van der Waals surface area contributed by atoms with Gasteiger partial charge in [0.1, 0.15) is 24.6 Å². The van der Waals surface area contributed by atoms with Gasteiger partial charge in [0.15, 0.2) is 0 Å². The maximum atomic E-state index is 12.8. The molecule has 84 valence electrons. The molecule has 0 fully saturated rings. The molecule has 16 heavy (non-hydrogen) atoms. The molecular formula is C11H10BrFN2S. The molecule has 0 amide bonds. The van der Waals surface area contributed by atoms with Gasteiger partial charge >= 0.3 is 5.13 Å². The van der Waals surface area contributed by atoms with E-state index in [0.717, 1.165) is 18.7 Å². The van der Waals surface area contributed by atoms with E-state index in [-0.39, 0.29) is 22.8 Å².